The van der Waals surface area contributed by atoms with Gasteiger partial charge in [0.05, 0.1) is 6.61 Å². The van der Waals surface area contributed by atoms with E-state index in [1.54, 1.807) is 0 Å². The lowest BCUT2D eigenvalue weighted by atomic mass is 9.78. The van der Waals surface area contributed by atoms with Gasteiger partial charge in [0.1, 0.15) is 6.61 Å². The number of fused-ring (bicyclic) bond motifs is 3. The number of carboxylic acid groups (broad SMARTS) is 1. The van der Waals surface area contributed by atoms with Crippen LogP contribution in [0.1, 0.15) is 49.7 Å². The Balaban J connectivity index is 1.39. The molecule has 1 saturated carbocycles. The summed E-state index contributed by atoms with van der Waals surface area (Å²) in [5.74, 6) is -1.82. The SMILES string of the molecule is CC(CO)(NC(=O)CC(NC(=O)OCC1c2ccccc2-c2ccccc21)C1CCC1)C(=O)O. The Morgan fingerprint density at radius 3 is 2.15 bits per heavy atom. The average molecular weight is 467 g/mol. The number of carbonyl (C=O) groups excluding carboxylic acids is 2. The molecule has 2 aromatic carbocycles. The highest BCUT2D eigenvalue weighted by atomic mass is 16.5. The number of alkyl carbamates (subject to hydrolysis) is 1. The van der Waals surface area contributed by atoms with Crippen molar-refractivity contribution >= 4 is 18.0 Å². The van der Waals surface area contributed by atoms with Gasteiger partial charge < -0.3 is 25.6 Å². The Morgan fingerprint density at radius 2 is 1.65 bits per heavy atom. The predicted molar refractivity (Wildman–Crippen MR) is 125 cm³/mol. The number of aliphatic hydroxyl groups excluding tert-OH is 1. The molecule has 0 spiro atoms. The van der Waals surface area contributed by atoms with Crippen molar-refractivity contribution in [3.05, 3.63) is 59.7 Å². The Labute approximate surface area is 198 Å². The van der Waals surface area contributed by atoms with Gasteiger partial charge in [-0.1, -0.05) is 55.0 Å². The smallest absolute Gasteiger partial charge is 0.407 e. The summed E-state index contributed by atoms with van der Waals surface area (Å²) in [7, 11) is 0. The van der Waals surface area contributed by atoms with Crippen LogP contribution in [-0.2, 0) is 14.3 Å². The van der Waals surface area contributed by atoms with E-state index in [2.05, 4.69) is 22.8 Å². The molecular weight excluding hydrogens is 436 g/mol. The van der Waals surface area contributed by atoms with Crippen LogP contribution in [-0.4, -0.2) is 53.0 Å². The van der Waals surface area contributed by atoms with Crippen LogP contribution in [0.25, 0.3) is 11.1 Å². The molecule has 2 atom stereocenters. The molecule has 4 rings (SSSR count). The molecule has 2 unspecified atom stereocenters. The summed E-state index contributed by atoms with van der Waals surface area (Å²) in [5, 5.41) is 23.8. The standard InChI is InChI=1S/C26H30N2O6/c1-26(15-29,24(31)32)28-23(30)13-22(16-7-6-8-16)27-25(33)34-14-21-19-11-4-2-9-17(19)18-10-3-5-12-20(18)21/h2-5,9-12,16,21-22,29H,6-8,13-15H2,1H3,(H,27,33)(H,28,30)(H,31,32). The Kier molecular flexibility index (Phi) is 6.88. The number of ether oxygens (including phenoxy) is 1. The second-order valence-corrected chi connectivity index (χ2v) is 9.32. The minimum Gasteiger partial charge on any atom is -0.479 e. The number of carboxylic acids is 1. The summed E-state index contributed by atoms with van der Waals surface area (Å²) in [5.41, 5.74) is 2.74. The molecule has 2 aliphatic rings. The van der Waals surface area contributed by atoms with Crippen LogP contribution in [0.2, 0.25) is 0 Å². The second-order valence-electron chi connectivity index (χ2n) is 9.32. The molecule has 0 aliphatic heterocycles. The van der Waals surface area contributed by atoms with E-state index >= 15 is 0 Å². The first kappa shape index (κ1) is 23.8. The lowest BCUT2D eigenvalue weighted by Crippen LogP contribution is -2.56. The van der Waals surface area contributed by atoms with Gasteiger partial charge in [-0.15, -0.1) is 0 Å². The quantitative estimate of drug-likeness (QED) is 0.450. The molecular formula is C26H30N2O6. The molecule has 34 heavy (non-hydrogen) atoms. The van der Waals surface area contributed by atoms with Gasteiger partial charge in [-0.2, -0.15) is 0 Å². The fraction of sp³-hybridized carbons (Fsp3) is 0.423. The number of hydrogen-bond acceptors (Lipinski definition) is 5. The van der Waals surface area contributed by atoms with E-state index in [-0.39, 0.29) is 24.9 Å². The van der Waals surface area contributed by atoms with Gasteiger partial charge in [0, 0.05) is 18.4 Å². The van der Waals surface area contributed by atoms with E-state index in [0.29, 0.717) is 0 Å². The van der Waals surface area contributed by atoms with Crippen molar-refractivity contribution in [1.82, 2.24) is 10.6 Å². The molecule has 1 fully saturated rings. The number of aliphatic carboxylic acids is 1. The highest BCUT2D eigenvalue weighted by molar-refractivity contribution is 5.87. The number of hydrogen-bond donors (Lipinski definition) is 4. The maximum Gasteiger partial charge on any atom is 0.407 e. The number of rotatable bonds is 9. The third-order valence-electron chi connectivity index (χ3n) is 6.97. The third kappa shape index (κ3) is 4.77. The van der Waals surface area contributed by atoms with Crippen molar-refractivity contribution in [2.24, 2.45) is 5.92 Å². The maximum absolute atomic E-state index is 12.7. The minimum atomic E-state index is -1.77. The minimum absolute atomic E-state index is 0.0653. The molecule has 180 valence electrons. The van der Waals surface area contributed by atoms with Crippen molar-refractivity contribution in [3.8, 4) is 11.1 Å². The van der Waals surface area contributed by atoms with Crippen molar-refractivity contribution in [1.29, 1.82) is 0 Å². The van der Waals surface area contributed by atoms with Gasteiger partial charge in [0.2, 0.25) is 5.91 Å². The molecule has 2 amide bonds. The zero-order chi connectivity index (χ0) is 24.3. The van der Waals surface area contributed by atoms with E-state index in [9.17, 15) is 24.6 Å². The van der Waals surface area contributed by atoms with Crippen molar-refractivity contribution in [2.45, 2.75) is 50.1 Å². The van der Waals surface area contributed by atoms with Crippen LogP contribution in [0.15, 0.2) is 48.5 Å². The summed E-state index contributed by atoms with van der Waals surface area (Å²) >= 11 is 0. The van der Waals surface area contributed by atoms with Gasteiger partial charge in [0.25, 0.3) is 0 Å². The van der Waals surface area contributed by atoms with Crippen LogP contribution >= 0.6 is 0 Å². The molecule has 0 bridgehead atoms. The van der Waals surface area contributed by atoms with E-state index in [0.717, 1.165) is 41.5 Å². The molecule has 8 nitrogen and oxygen atoms in total. The van der Waals surface area contributed by atoms with Gasteiger partial charge in [-0.05, 0) is 47.9 Å². The molecule has 0 radical (unpaired) electrons. The van der Waals surface area contributed by atoms with Crippen molar-refractivity contribution in [3.63, 3.8) is 0 Å². The van der Waals surface area contributed by atoms with E-state index in [1.165, 1.54) is 6.92 Å². The summed E-state index contributed by atoms with van der Waals surface area (Å²) in [4.78, 5) is 36.6. The molecule has 4 N–H and O–H groups in total. The lowest BCUT2D eigenvalue weighted by molar-refractivity contribution is -0.148. The molecule has 2 aliphatic carbocycles. The highest BCUT2D eigenvalue weighted by Crippen LogP contribution is 2.44. The fourth-order valence-electron chi connectivity index (χ4n) is 4.69. The van der Waals surface area contributed by atoms with Crippen LogP contribution in [0.3, 0.4) is 0 Å². The van der Waals surface area contributed by atoms with Gasteiger partial charge in [-0.25, -0.2) is 9.59 Å². The summed E-state index contributed by atoms with van der Waals surface area (Å²) in [6.45, 7) is 0.678. The average Bonchev–Trinajstić information content (AvgIpc) is 3.10. The number of carbonyl (C=O) groups is 3. The van der Waals surface area contributed by atoms with Crippen molar-refractivity contribution in [2.75, 3.05) is 13.2 Å². The first-order valence-corrected chi connectivity index (χ1v) is 11.6. The van der Waals surface area contributed by atoms with Crippen LogP contribution in [0, 0.1) is 5.92 Å². The van der Waals surface area contributed by atoms with Crippen molar-refractivity contribution < 1.29 is 29.3 Å². The largest absolute Gasteiger partial charge is 0.479 e. The Bertz CT molecular complexity index is 1040. The van der Waals surface area contributed by atoms with Crippen LogP contribution < -0.4 is 10.6 Å². The first-order valence-electron chi connectivity index (χ1n) is 11.6. The highest BCUT2D eigenvalue weighted by Gasteiger charge is 2.37. The van der Waals surface area contributed by atoms with E-state index < -0.39 is 36.2 Å². The molecule has 0 heterocycles. The lowest BCUT2D eigenvalue weighted by Gasteiger charge is -2.34. The predicted octanol–water partition coefficient (Wildman–Crippen LogP) is 3.04. The Hall–Kier alpha value is -3.39. The van der Waals surface area contributed by atoms with Gasteiger partial charge in [-0.3, -0.25) is 4.79 Å². The number of benzene rings is 2. The van der Waals surface area contributed by atoms with Gasteiger partial charge >= 0.3 is 12.1 Å². The topological polar surface area (TPSA) is 125 Å². The fourth-order valence-corrected chi connectivity index (χ4v) is 4.69. The monoisotopic (exact) mass is 466 g/mol. The summed E-state index contributed by atoms with van der Waals surface area (Å²) in [6, 6.07) is 15.7. The molecule has 0 aromatic heterocycles. The number of nitrogens with one attached hydrogen (secondary N) is 2. The van der Waals surface area contributed by atoms with Gasteiger partial charge in [0.15, 0.2) is 5.54 Å². The number of amides is 2. The van der Waals surface area contributed by atoms with E-state index in [4.69, 9.17) is 4.74 Å². The van der Waals surface area contributed by atoms with Crippen LogP contribution in [0.4, 0.5) is 4.79 Å². The first-order chi connectivity index (χ1) is 16.3. The second kappa shape index (κ2) is 9.85. The van der Waals surface area contributed by atoms with E-state index in [1.807, 2.05) is 36.4 Å². The summed E-state index contributed by atoms with van der Waals surface area (Å²) in [6.07, 6.45) is 2.07. The number of aliphatic hydroxyl groups is 1. The molecule has 8 heteroatoms. The third-order valence-corrected chi connectivity index (χ3v) is 6.97. The maximum atomic E-state index is 12.7. The summed E-state index contributed by atoms with van der Waals surface area (Å²) < 4.78 is 5.61. The zero-order valence-corrected chi connectivity index (χ0v) is 19.1. The Morgan fingerprint density at radius 1 is 1.06 bits per heavy atom. The molecule has 2 aromatic rings. The molecule has 0 saturated heterocycles. The van der Waals surface area contributed by atoms with Crippen LogP contribution in [0.5, 0.6) is 0 Å². The zero-order valence-electron chi connectivity index (χ0n) is 19.1. The normalized spacial score (nSPS) is 17.5.